The Bertz CT molecular complexity index is 685. The van der Waals surface area contributed by atoms with Crippen LogP contribution in [0, 0.1) is 0 Å². The lowest BCUT2D eigenvalue weighted by Crippen LogP contribution is -2.54. The highest BCUT2D eigenvalue weighted by molar-refractivity contribution is 7.98. The Labute approximate surface area is 171 Å². The van der Waals surface area contributed by atoms with E-state index in [0.717, 1.165) is 0 Å². The zero-order valence-corrected chi connectivity index (χ0v) is 16.7. The number of hydrogen-bond donors (Lipinski definition) is 7. The maximum absolute atomic E-state index is 12.4. The van der Waals surface area contributed by atoms with E-state index in [1.165, 1.54) is 24.3 Å². The molecule has 3 atom stereocenters. The van der Waals surface area contributed by atoms with Gasteiger partial charge < -0.3 is 36.9 Å². The lowest BCUT2D eigenvalue weighted by molar-refractivity contribution is -0.141. The smallest absolute Gasteiger partial charge is 0.326 e. The van der Waals surface area contributed by atoms with Crippen molar-refractivity contribution in [2.45, 2.75) is 31.0 Å². The van der Waals surface area contributed by atoms with Crippen LogP contribution in [0.25, 0.3) is 0 Å². The number of nitrogens with one attached hydrogen (secondary N) is 4. The van der Waals surface area contributed by atoms with Crippen molar-refractivity contribution in [3.05, 3.63) is 18.2 Å². The summed E-state index contributed by atoms with van der Waals surface area (Å²) in [5, 5.41) is 25.2. The van der Waals surface area contributed by atoms with E-state index >= 15 is 0 Å². The van der Waals surface area contributed by atoms with Gasteiger partial charge in [-0.3, -0.25) is 14.4 Å². The van der Waals surface area contributed by atoms with Crippen molar-refractivity contribution in [2.24, 2.45) is 5.73 Å². The number of aliphatic carboxylic acids is 1. The number of amides is 3. The molecule has 0 aliphatic carbocycles. The van der Waals surface area contributed by atoms with Gasteiger partial charge in [0, 0.05) is 18.3 Å². The van der Waals surface area contributed by atoms with Crippen molar-refractivity contribution in [3.8, 4) is 0 Å². The molecule has 12 nitrogen and oxygen atoms in total. The van der Waals surface area contributed by atoms with Crippen molar-refractivity contribution in [3.63, 3.8) is 0 Å². The number of carboxylic acid groups (broad SMARTS) is 1. The summed E-state index contributed by atoms with van der Waals surface area (Å²) in [7, 11) is 0. The third-order valence-electron chi connectivity index (χ3n) is 3.81. The number of aromatic amines is 1. The summed E-state index contributed by atoms with van der Waals surface area (Å²) in [6, 6.07) is -3.35. The highest BCUT2D eigenvalue weighted by Crippen LogP contribution is 2.02. The van der Waals surface area contributed by atoms with E-state index in [1.807, 2.05) is 6.26 Å². The van der Waals surface area contributed by atoms with Gasteiger partial charge in [0.15, 0.2) is 0 Å². The van der Waals surface area contributed by atoms with Crippen molar-refractivity contribution < 1.29 is 29.4 Å². The number of nitrogens with zero attached hydrogens (tertiary/aromatic N) is 1. The molecule has 0 bridgehead atoms. The normalized spacial score (nSPS) is 13.8. The molecule has 1 aromatic rings. The first kappa shape index (κ1) is 24.4. The van der Waals surface area contributed by atoms with Gasteiger partial charge >= 0.3 is 5.97 Å². The monoisotopic (exact) mass is 430 g/mol. The number of imidazole rings is 1. The summed E-state index contributed by atoms with van der Waals surface area (Å²) in [6.07, 6.45) is 4.97. The molecule has 0 spiro atoms. The Morgan fingerprint density at radius 1 is 1.24 bits per heavy atom. The van der Waals surface area contributed by atoms with Gasteiger partial charge in [-0.2, -0.15) is 11.8 Å². The van der Waals surface area contributed by atoms with Crippen molar-refractivity contribution >= 4 is 35.5 Å². The van der Waals surface area contributed by atoms with Crippen molar-refractivity contribution in [2.75, 3.05) is 25.2 Å². The number of aliphatic hydroxyl groups excluding tert-OH is 1. The number of carbonyl (C=O) groups excluding carboxylic acids is 3. The van der Waals surface area contributed by atoms with Crippen LogP contribution in [0.15, 0.2) is 12.5 Å². The predicted molar refractivity (Wildman–Crippen MR) is 105 cm³/mol. The maximum Gasteiger partial charge on any atom is 0.326 e. The minimum absolute atomic E-state index is 0.0445. The van der Waals surface area contributed by atoms with Gasteiger partial charge in [0.1, 0.15) is 18.1 Å². The number of aromatic nitrogens is 2. The van der Waals surface area contributed by atoms with Crippen molar-refractivity contribution in [1.82, 2.24) is 25.9 Å². The summed E-state index contributed by atoms with van der Waals surface area (Å²) in [5.74, 6) is -2.71. The summed E-state index contributed by atoms with van der Waals surface area (Å²) >= 11 is 1.45. The lowest BCUT2D eigenvalue weighted by Gasteiger charge is -2.20. The zero-order valence-electron chi connectivity index (χ0n) is 15.9. The molecule has 8 N–H and O–H groups in total. The van der Waals surface area contributed by atoms with Gasteiger partial charge in [-0.05, 0) is 18.4 Å². The van der Waals surface area contributed by atoms with Crippen LogP contribution in [-0.4, -0.2) is 87.2 Å². The summed E-state index contributed by atoms with van der Waals surface area (Å²) in [4.78, 5) is 54.2. The molecule has 1 rings (SSSR count). The Morgan fingerprint density at radius 2 is 1.97 bits per heavy atom. The highest BCUT2D eigenvalue weighted by Gasteiger charge is 2.25. The van der Waals surface area contributed by atoms with E-state index in [1.54, 1.807) is 0 Å². The quantitative estimate of drug-likeness (QED) is 0.173. The largest absolute Gasteiger partial charge is 0.480 e. The summed E-state index contributed by atoms with van der Waals surface area (Å²) in [5.41, 5.74) is 6.00. The van der Waals surface area contributed by atoms with Crippen LogP contribution >= 0.6 is 11.8 Å². The number of rotatable bonds is 13. The minimum Gasteiger partial charge on any atom is -0.480 e. The first-order valence-corrected chi connectivity index (χ1v) is 10.1. The van der Waals surface area contributed by atoms with Gasteiger partial charge in [0.25, 0.3) is 0 Å². The number of H-pyrrole nitrogens is 1. The Kier molecular flexibility index (Phi) is 10.7. The summed E-state index contributed by atoms with van der Waals surface area (Å²) in [6.45, 7) is -1.07. The molecule has 0 saturated heterocycles. The predicted octanol–water partition coefficient (Wildman–Crippen LogP) is -2.80. The number of nitrogens with two attached hydrogens (primary N) is 1. The molecule has 3 amide bonds. The molecular weight excluding hydrogens is 404 g/mol. The first-order chi connectivity index (χ1) is 13.8. The van der Waals surface area contributed by atoms with Crippen LogP contribution in [0.2, 0.25) is 0 Å². The minimum atomic E-state index is -1.21. The molecule has 0 aromatic carbocycles. The molecule has 162 valence electrons. The van der Waals surface area contributed by atoms with Crippen molar-refractivity contribution in [1.29, 1.82) is 0 Å². The van der Waals surface area contributed by atoms with Gasteiger partial charge in [0.05, 0.1) is 19.5 Å². The second-order valence-corrected chi connectivity index (χ2v) is 7.07. The van der Waals surface area contributed by atoms with Crippen LogP contribution in [0.5, 0.6) is 0 Å². The molecule has 29 heavy (non-hydrogen) atoms. The Balaban J connectivity index is 2.66. The third-order valence-corrected chi connectivity index (χ3v) is 4.46. The first-order valence-electron chi connectivity index (χ1n) is 8.71. The number of hydrogen-bond acceptors (Lipinski definition) is 8. The van der Waals surface area contributed by atoms with E-state index < -0.39 is 55.0 Å². The zero-order chi connectivity index (χ0) is 21.8. The van der Waals surface area contributed by atoms with E-state index in [2.05, 4.69) is 25.9 Å². The molecule has 0 aliphatic rings. The highest BCUT2D eigenvalue weighted by atomic mass is 32.2. The standard InChI is InChI=1S/C16H26N6O6S/c1-29-3-2-11(16(27)28)21-13(24)6-19-15(26)12(4-9-5-18-8-20-9)22-14(25)10(17)7-23/h5,8,10-12,23H,2-4,6-7,17H2,1H3,(H,18,20)(H,19,26)(H,21,24)(H,22,25)(H,27,28). The Morgan fingerprint density at radius 3 is 2.52 bits per heavy atom. The number of carbonyl (C=O) groups is 4. The van der Waals surface area contributed by atoms with Gasteiger partial charge in [0.2, 0.25) is 17.7 Å². The number of carboxylic acids is 1. The van der Waals surface area contributed by atoms with Crippen LogP contribution in [-0.2, 0) is 25.6 Å². The van der Waals surface area contributed by atoms with Crippen LogP contribution < -0.4 is 21.7 Å². The Hall–Kier alpha value is -2.64. The topological polar surface area (TPSA) is 200 Å². The number of aliphatic hydroxyl groups is 1. The fourth-order valence-corrected chi connectivity index (χ4v) is 2.69. The van der Waals surface area contributed by atoms with Crippen LogP contribution in [0.3, 0.4) is 0 Å². The SMILES string of the molecule is CSCCC(NC(=O)CNC(=O)C(Cc1cnc[nH]1)NC(=O)C(N)CO)C(=O)O. The second-order valence-electron chi connectivity index (χ2n) is 6.09. The molecule has 0 aliphatic heterocycles. The molecule has 3 unspecified atom stereocenters. The van der Waals surface area contributed by atoms with Crippen LogP contribution in [0.1, 0.15) is 12.1 Å². The molecule has 13 heteroatoms. The summed E-state index contributed by atoms with van der Waals surface area (Å²) < 4.78 is 0. The average Bonchev–Trinajstić information content (AvgIpc) is 3.20. The second kappa shape index (κ2) is 12.7. The van der Waals surface area contributed by atoms with Gasteiger partial charge in [-0.1, -0.05) is 0 Å². The van der Waals surface area contributed by atoms with E-state index in [4.69, 9.17) is 15.9 Å². The van der Waals surface area contributed by atoms with E-state index in [9.17, 15) is 19.2 Å². The van der Waals surface area contributed by atoms with Gasteiger partial charge in [-0.15, -0.1) is 0 Å². The average molecular weight is 430 g/mol. The molecule has 0 fully saturated rings. The van der Waals surface area contributed by atoms with E-state index in [0.29, 0.717) is 11.4 Å². The molecule has 0 saturated carbocycles. The van der Waals surface area contributed by atoms with Crippen LogP contribution in [0.4, 0.5) is 0 Å². The molecule has 0 radical (unpaired) electrons. The molecule has 1 aromatic heterocycles. The van der Waals surface area contributed by atoms with Gasteiger partial charge in [-0.25, -0.2) is 9.78 Å². The van der Waals surface area contributed by atoms with E-state index in [-0.39, 0.29) is 12.8 Å². The fourth-order valence-electron chi connectivity index (χ4n) is 2.22. The number of thioether (sulfide) groups is 1. The molecule has 1 heterocycles. The third kappa shape index (κ3) is 8.93. The maximum atomic E-state index is 12.4. The lowest BCUT2D eigenvalue weighted by atomic mass is 10.1. The molecular formula is C16H26N6O6S. The fraction of sp³-hybridized carbons (Fsp3) is 0.562.